The van der Waals surface area contributed by atoms with Crippen molar-refractivity contribution in [1.82, 2.24) is 0 Å². The average molecular weight is 284 g/mol. The Labute approximate surface area is 121 Å². The van der Waals surface area contributed by atoms with E-state index in [1.807, 2.05) is 6.07 Å². The number of aryl methyl sites for hydroxylation is 1. The number of hydrogen-bond donors (Lipinski definition) is 1. The van der Waals surface area contributed by atoms with Crippen LogP contribution in [-0.2, 0) is 0 Å². The molecule has 0 atom stereocenters. The van der Waals surface area contributed by atoms with Gasteiger partial charge < -0.3 is 10.1 Å². The van der Waals surface area contributed by atoms with Gasteiger partial charge in [0.05, 0.1) is 30.0 Å². The van der Waals surface area contributed by atoms with Crippen LogP contribution in [0.3, 0.4) is 0 Å². The van der Waals surface area contributed by atoms with Crippen molar-refractivity contribution < 1.29 is 13.9 Å². The number of hydrogen-bond acceptors (Lipinski definition) is 3. The van der Waals surface area contributed by atoms with Gasteiger partial charge in [-0.2, -0.15) is 5.26 Å². The molecule has 0 unspecified atom stereocenters. The van der Waals surface area contributed by atoms with E-state index in [0.29, 0.717) is 17.0 Å². The number of nitrogens with zero attached hydrogens (tertiary/aromatic N) is 1. The summed E-state index contributed by atoms with van der Waals surface area (Å²) in [5.74, 6) is -0.819. The Bertz CT molecular complexity index is 736. The van der Waals surface area contributed by atoms with Crippen molar-refractivity contribution in [3.63, 3.8) is 0 Å². The van der Waals surface area contributed by atoms with E-state index < -0.39 is 11.7 Å². The van der Waals surface area contributed by atoms with Crippen molar-refractivity contribution in [2.75, 3.05) is 12.4 Å². The molecule has 0 aliphatic carbocycles. The smallest absolute Gasteiger partial charge is 0.258 e. The first kappa shape index (κ1) is 14.5. The fraction of sp³-hybridized carbons (Fsp3) is 0.125. The van der Waals surface area contributed by atoms with Crippen molar-refractivity contribution in [2.24, 2.45) is 0 Å². The van der Waals surface area contributed by atoms with E-state index in [1.54, 1.807) is 25.1 Å². The number of benzene rings is 2. The summed E-state index contributed by atoms with van der Waals surface area (Å²) >= 11 is 0. The van der Waals surface area contributed by atoms with Gasteiger partial charge in [0.25, 0.3) is 5.91 Å². The van der Waals surface area contributed by atoms with Gasteiger partial charge in [-0.05, 0) is 31.2 Å². The third kappa shape index (κ3) is 3.18. The normalized spacial score (nSPS) is 9.81. The van der Waals surface area contributed by atoms with Crippen LogP contribution in [0.1, 0.15) is 21.5 Å². The predicted octanol–water partition coefficient (Wildman–Crippen LogP) is 3.27. The maximum atomic E-state index is 13.7. The number of methoxy groups -OCH3 is 1. The lowest BCUT2D eigenvalue weighted by molar-refractivity contribution is 0.102. The van der Waals surface area contributed by atoms with Crippen LogP contribution in [0.15, 0.2) is 36.4 Å². The van der Waals surface area contributed by atoms with Crippen molar-refractivity contribution >= 4 is 11.6 Å². The Morgan fingerprint density at radius 1 is 1.29 bits per heavy atom. The van der Waals surface area contributed by atoms with Crippen LogP contribution < -0.4 is 10.1 Å². The van der Waals surface area contributed by atoms with Crippen molar-refractivity contribution in [3.8, 4) is 11.8 Å². The van der Waals surface area contributed by atoms with Crippen LogP contribution in [0.5, 0.6) is 5.75 Å². The molecule has 0 aliphatic heterocycles. The molecule has 2 aromatic carbocycles. The number of carbonyl (C=O) groups is 1. The lowest BCUT2D eigenvalue weighted by Gasteiger charge is -2.11. The standard InChI is InChI=1S/C16H13FN2O2/c1-10-3-5-13(17)12(7-10)16(20)19-14-6-4-11(9-18)8-15(14)21-2/h3-8H,1-2H3,(H,19,20). The van der Waals surface area contributed by atoms with Crippen LogP contribution in [0.4, 0.5) is 10.1 Å². The van der Waals surface area contributed by atoms with E-state index in [0.717, 1.165) is 5.56 Å². The second-order valence-electron chi connectivity index (χ2n) is 4.46. The number of nitrogens with one attached hydrogen (secondary N) is 1. The number of anilines is 1. The van der Waals surface area contributed by atoms with E-state index in [9.17, 15) is 9.18 Å². The number of rotatable bonds is 3. The highest BCUT2D eigenvalue weighted by molar-refractivity contribution is 6.05. The average Bonchev–Trinajstić information content (AvgIpc) is 2.49. The minimum atomic E-state index is -0.592. The fourth-order valence-corrected chi connectivity index (χ4v) is 1.87. The molecule has 0 saturated heterocycles. The Morgan fingerprint density at radius 3 is 2.71 bits per heavy atom. The van der Waals surface area contributed by atoms with E-state index in [2.05, 4.69) is 5.32 Å². The van der Waals surface area contributed by atoms with Crippen LogP contribution in [0, 0.1) is 24.1 Å². The third-order valence-electron chi connectivity index (χ3n) is 2.95. The highest BCUT2D eigenvalue weighted by atomic mass is 19.1. The van der Waals surface area contributed by atoms with Gasteiger partial charge in [0.2, 0.25) is 0 Å². The van der Waals surface area contributed by atoms with Crippen molar-refractivity contribution in [2.45, 2.75) is 6.92 Å². The molecule has 0 bridgehead atoms. The summed E-state index contributed by atoms with van der Waals surface area (Å²) in [4.78, 5) is 12.1. The van der Waals surface area contributed by atoms with Crippen molar-refractivity contribution in [3.05, 3.63) is 58.9 Å². The van der Waals surface area contributed by atoms with Crippen molar-refractivity contribution in [1.29, 1.82) is 5.26 Å². The molecule has 0 radical (unpaired) electrons. The molecule has 1 amide bonds. The SMILES string of the molecule is COc1cc(C#N)ccc1NC(=O)c1cc(C)ccc1F. The molecule has 4 nitrogen and oxygen atoms in total. The highest BCUT2D eigenvalue weighted by Crippen LogP contribution is 2.26. The second kappa shape index (κ2) is 6.06. The van der Waals surface area contributed by atoms with Gasteiger partial charge in [-0.1, -0.05) is 11.6 Å². The summed E-state index contributed by atoms with van der Waals surface area (Å²) in [7, 11) is 1.43. The van der Waals surface area contributed by atoms with Gasteiger partial charge in [0.1, 0.15) is 11.6 Å². The molecule has 0 spiro atoms. The maximum absolute atomic E-state index is 13.7. The summed E-state index contributed by atoms with van der Waals surface area (Å²) in [6.45, 7) is 1.78. The molecular formula is C16H13FN2O2. The molecule has 106 valence electrons. The van der Waals surface area contributed by atoms with Gasteiger partial charge in [0, 0.05) is 6.07 Å². The van der Waals surface area contributed by atoms with E-state index in [-0.39, 0.29) is 5.56 Å². The molecule has 21 heavy (non-hydrogen) atoms. The summed E-state index contributed by atoms with van der Waals surface area (Å²) in [6.07, 6.45) is 0. The topological polar surface area (TPSA) is 62.1 Å². The first-order valence-electron chi connectivity index (χ1n) is 6.21. The lowest BCUT2D eigenvalue weighted by atomic mass is 10.1. The first-order chi connectivity index (χ1) is 10.0. The Hall–Kier alpha value is -2.87. The zero-order valence-corrected chi connectivity index (χ0v) is 11.6. The predicted molar refractivity (Wildman–Crippen MR) is 76.8 cm³/mol. The molecular weight excluding hydrogens is 271 g/mol. The molecule has 1 N–H and O–H groups in total. The number of carbonyl (C=O) groups excluding carboxylic acids is 1. The highest BCUT2D eigenvalue weighted by Gasteiger charge is 2.14. The maximum Gasteiger partial charge on any atom is 0.258 e. The molecule has 2 aromatic rings. The largest absolute Gasteiger partial charge is 0.495 e. The van der Waals surface area contributed by atoms with Gasteiger partial charge >= 0.3 is 0 Å². The molecule has 2 rings (SSSR count). The zero-order valence-electron chi connectivity index (χ0n) is 11.6. The Morgan fingerprint density at radius 2 is 2.05 bits per heavy atom. The number of halogens is 1. The lowest BCUT2D eigenvalue weighted by Crippen LogP contribution is -2.14. The zero-order chi connectivity index (χ0) is 15.4. The third-order valence-corrected chi connectivity index (χ3v) is 2.95. The summed E-state index contributed by atoms with van der Waals surface area (Å²) in [5.41, 5.74) is 1.53. The molecule has 0 heterocycles. The van der Waals surface area contributed by atoms with Gasteiger partial charge in [-0.25, -0.2) is 4.39 Å². The minimum absolute atomic E-state index is 0.0404. The fourth-order valence-electron chi connectivity index (χ4n) is 1.87. The Balaban J connectivity index is 2.32. The second-order valence-corrected chi connectivity index (χ2v) is 4.46. The summed E-state index contributed by atoms with van der Waals surface area (Å²) in [6, 6.07) is 10.9. The number of nitriles is 1. The Kier molecular flexibility index (Phi) is 4.19. The van der Waals surface area contributed by atoms with Gasteiger partial charge in [-0.15, -0.1) is 0 Å². The minimum Gasteiger partial charge on any atom is -0.495 e. The first-order valence-corrected chi connectivity index (χ1v) is 6.21. The van der Waals surface area contributed by atoms with Crippen LogP contribution in [0.2, 0.25) is 0 Å². The molecule has 0 aromatic heterocycles. The molecule has 0 saturated carbocycles. The number of ether oxygens (including phenoxy) is 1. The van der Waals surface area contributed by atoms with Crippen LogP contribution in [-0.4, -0.2) is 13.0 Å². The van der Waals surface area contributed by atoms with E-state index >= 15 is 0 Å². The summed E-state index contributed by atoms with van der Waals surface area (Å²) < 4.78 is 18.8. The van der Waals surface area contributed by atoms with Gasteiger partial charge in [-0.3, -0.25) is 4.79 Å². The van der Waals surface area contributed by atoms with Crippen LogP contribution in [0.25, 0.3) is 0 Å². The quantitative estimate of drug-likeness (QED) is 0.941. The molecule has 5 heteroatoms. The summed E-state index contributed by atoms with van der Waals surface area (Å²) in [5, 5.41) is 11.4. The monoisotopic (exact) mass is 284 g/mol. The number of amides is 1. The van der Waals surface area contributed by atoms with E-state index in [4.69, 9.17) is 10.00 Å². The van der Waals surface area contributed by atoms with Gasteiger partial charge in [0.15, 0.2) is 0 Å². The molecule has 0 fully saturated rings. The molecule has 0 aliphatic rings. The van der Waals surface area contributed by atoms with Crippen LogP contribution >= 0.6 is 0 Å². The van der Waals surface area contributed by atoms with E-state index in [1.165, 1.54) is 25.3 Å².